The van der Waals surface area contributed by atoms with Crippen LogP contribution in [0.15, 0.2) is 24.3 Å². The molecule has 1 aromatic carbocycles. The van der Waals surface area contributed by atoms with Crippen LogP contribution in [0.3, 0.4) is 0 Å². The number of methoxy groups -OCH3 is 1. The van der Waals surface area contributed by atoms with Gasteiger partial charge in [0.25, 0.3) is 0 Å². The second kappa shape index (κ2) is 6.53. The van der Waals surface area contributed by atoms with Crippen molar-refractivity contribution in [2.45, 2.75) is 23.8 Å². The Morgan fingerprint density at radius 1 is 1.33 bits per heavy atom. The Morgan fingerprint density at radius 2 is 2.06 bits per heavy atom. The number of Topliss-reactive ketones (excluding diaryl/α,β-unsaturated/α-hetero) is 1. The zero-order valence-electron chi connectivity index (χ0n) is 10.7. The zero-order valence-corrected chi connectivity index (χ0v) is 12.4. The molecule has 1 aliphatic heterocycles. The summed E-state index contributed by atoms with van der Waals surface area (Å²) in [5.41, 5.74) is 0.994. The first kappa shape index (κ1) is 13.8. The fourth-order valence-electron chi connectivity index (χ4n) is 2.12. The summed E-state index contributed by atoms with van der Waals surface area (Å²) < 4.78 is 5.30. The van der Waals surface area contributed by atoms with Crippen LogP contribution in [0.1, 0.15) is 12.5 Å². The maximum absolute atomic E-state index is 12.4. The van der Waals surface area contributed by atoms with E-state index in [9.17, 15) is 4.79 Å². The van der Waals surface area contributed by atoms with Crippen LogP contribution in [0.4, 0.5) is 0 Å². The van der Waals surface area contributed by atoms with Gasteiger partial charge in [-0.2, -0.15) is 11.8 Å². The Bertz CT molecular complexity index is 420. The summed E-state index contributed by atoms with van der Waals surface area (Å²) in [6.07, 6.45) is 0.479. The van der Waals surface area contributed by atoms with Gasteiger partial charge in [0.1, 0.15) is 5.75 Å². The van der Waals surface area contributed by atoms with Gasteiger partial charge in [-0.3, -0.25) is 4.79 Å². The van der Waals surface area contributed by atoms with E-state index in [0.29, 0.717) is 17.5 Å². The van der Waals surface area contributed by atoms with E-state index in [2.05, 4.69) is 6.92 Å². The molecular weight excluding hydrogens is 264 g/mol. The van der Waals surface area contributed by atoms with Gasteiger partial charge in [-0.05, 0) is 6.07 Å². The first-order chi connectivity index (χ1) is 8.72. The number of ether oxygens (including phenoxy) is 1. The average molecular weight is 282 g/mol. The Kier molecular flexibility index (Phi) is 5.01. The van der Waals surface area contributed by atoms with Crippen molar-refractivity contribution in [1.29, 1.82) is 0 Å². The highest BCUT2D eigenvalue weighted by atomic mass is 32.2. The van der Waals surface area contributed by atoms with Crippen molar-refractivity contribution in [1.82, 2.24) is 0 Å². The summed E-state index contributed by atoms with van der Waals surface area (Å²) in [6.45, 7) is 2.15. The van der Waals surface area contributed by atoms with E-state index >= 15 is 0 Å². The number of benzene rings is 1. The molecule has 1 aromatic rings. The largest absolute Gasteiger partial charge is 0.496 e. The molecule has 0 radical (unpaired) electrons. The maximum atomic E-state index is 12.4. The number of ketones is 1. The zero-order chi connectivity index (χ0) is 13.0. The van der Waals surface area contributed by atoms with Crippen LogP contribution in [0.5, 0.6) is 5.75 Å². The van der Waals surface area contributed by atoms with Gasteiger partial charge in [-0.25, -0.2) is 0 Å². The van der Waals surface area contributed by atoms with E-state index in [1.807, 2.05) is 36.0 Å². The van der Waals surface area contributed by atoms with Gasteiger partial charge in [-0.1, -0.05) is 25.1 Å². The molecule has 0 bridgehead atoms. The third-order valence-electron chi connectivity index (χ3n) is 3.06. The van der Waals surface area contributed by atoms with E-state index < -0.39 is 0 Å². The van der Waals surface area contributed by atoms with Crippen molar-refractivity contribution in [2.75, 3.05) is 18.6 Å². The van der Waals surface area contributed by atoms with Gasteiger partial charge < -0.3 is 4.74 Å². The van der Waals surface area contributed by atoms with E-state index in [4.69, 9.17) is 4.74 Å². The molecule has 1 heterocycles. The molecule has 0 aliphatic carbocycles. The minimum absolute atomic E-state index is 0.133. The molecular formula is C14H18O2S2. The summed E-state index contributed by atoms with van der Waals surface area (Å²) >= 11 is 3.70. The second-order valence-corrected chi connectivity index (χ2v) is 7.06. The second-order valence-electron chi connectivity index (χ2n) is 4.32. The molecule has 2 nitrogen and oxygen atoms in total. The minimum Gasteiger partial charge on any atom is -0.496 e. The van der Waals surface area contributed by atoms with Crippen LogP contribution in [-0.4, -0.2) is 34.9 Å². The summed E-state index contributed by atoms with van der Waals surface area (Å²) in [4.78, 5) is 12.4. The smallest absolute Gasteiger partial charge is 0.151 e. The maximum Gasteiger partial charge on any atom is 0.151 e. The van der Waals surface area contributed by atoms with Crippen LogP contribution in [-0.2, 0) is 11.2 Å². The third kappa shape index (κ3) is 3.23. The first-order valence-corrected chi connectivity index (χ1v) is 8.20. The van der Waals surface area contributed by atoms with E-state index in [1.54, 1.807) is 18.9 Å². The number of hydrogen-bond donors (Lipinski definition) is 0. The van der Waals surface area contributed by atoms with Gasteiger partial charge in [0, 0.05) is 28.7 Å². The molecule has 0 aromatic heterocycles. The van der Waals surface area contributed by atoms with Crippen molar-refractivity contribution in [3.05, 3.63) is 29.8 Å². The van der Waals surface area contributed by atoms with Crippen molar-refractivity contribution >= 4 is 29.3 Å². The van der Waals surface area contributed by atoms with Gasteiger partial charge in [-0.15, -0.1) is 11.8 Å². The van der Waals surface area contributed by atoms with E-state index in [-0.39, 0.29) is 5.25 Å². The molecule has 2 rings (SSSR count). The lowest BCUT2D eigenvalue weighted by Crippen LogP contribution is -2.32. The van der Waals surface area contributed by atoms with Crippen LogP contribution >= 0.6 is 23.5 Å². The number of rotatable bonds is 4. The Hall–Kier alpha value is -0.610. The van der Waals surface area contributed by atoms with E-state index in [1.165, 1.54) is 0 Å². The van der Waals surface area contributed by atoms with Crippen molar-refractivity contribution < 1.29 is 9.53 Å². The summed E-state index contributed by atoms with van der Waals surface area (Å²) in [6, 6.07) is 7.77. The van der Waals surface area contributed by atoms with Crippen LogP contribution in [0.25, 0.3) is 0 Å². The average Bonchev–Trinajstić information content (AvgIpc) is 2.39. The van der Waals surface area contributed by atoms with Gasteiger partial charge in [0.05, 0.1) is 12.4 Å². The highest BCUT2D eigenvalue weighted by Crippen LogP contribution is 2.32. The molecule has 4 heteroatoms. The lowest BCUT2D eigenvalue weighted by atomic mass is 10.0. The predicted octanol–water partition coefficient (Wildman–Crippen LogP) is 3.04. The number of carbonyl (C=O) groups excluding carboxylic acids is 1. The lowest BCUT2D eigenvalue weighted by molar-refractivity contribution is -0.117. The fourth-order valence-corrected chi connectivity index (χ4v) is 4.86. The van der Waals surface area contributed by atoms with Crippen molar-refractivity contribution in [2.24, 2.45) is 0 Å². The monoisotopic (exact) mass is 282 g/mol. The minimum atomic E-state index is 0.133. The van der Waals surface area contributed by atoms with Crippen molar-refractivity contribution in [3.8, 4) is 5.75 Å². The SMILES string of the molecule is COc1ccccc1CC(=O)C1SCCSC1C. The molecule has 1 fully saturated rings. The number of para-hydroxylation sites is 1. The lowest BCUT2D eigenvalue weighted by Gasteiger charge is -2.26. The molecule has 98 valence electrons. The molecule has 2 unspecified atom stereocenters. The summed E-state index contributed by atoms with van der Waals surface area (Å²) in [5.74, 6) is 3.37. The van der Waals surface area contributed by atoms with Gasteiger partial charge in [0.2, 0.25) is 0 Å². The Morgan fingerprint density at radius 3 is 2.78 bits per heavy atom. The number of hydrogen-bond acceptors (Lipinski definition) is 4. The quantitative estimate of drug-likeness (QED) is 0.848. The van der Waals surface area contributed by atoms with Crippen molar-refractivity contribution in [3.63, 3.8) is 0 Å². The van der Waals surface area contributed by atoms with Crippen LogP contribution < -0.4 is 4.74 Å². The first-order valence-electron chi connectivity index (χ1n) is 6.10. The van der Waals surface area contributed by atoms with Crippen LogP contribution in [0.2, 0.25) is 0 Å². The number of carbonyl (C=O) groups is 1. The third-order valence-corrected chi connectivity index (χ3v) is 6.20. The highest BCUT2D eigenvalue weighted by molar-refractivity contribution is 8.07. The fraction of sp³-hybridized carbons (Fsp3) is 0.500. The molecule has 0 spiro atoms. The van der Waals surface area contributed by atoms with Gasteiger partial charge in [0.15, 0.2) is 5.78 Å². The van der Waals surface area contributed by atoms with Crippen LogP contribution in [0, 0.1) is 0 Å². The predicted molar refractivity (Wildman–Crippen MR) is 79.9 cm³/mol. The normalized spacial score (nSPS) is 23.7. The molecule has 18 heavy (non-hydrogen) atoms. The Labute approximate surface area is 117 Å². The number of thioether (sulfide) groups is 2. The molecule has 0 amide bonds. The molecule has 2 atom stereocenters. The summed E-state index contributed by atoms with van der Waals surface area (Å²) in [7, 11) is 1.65. The molecule has 1 aliphatic rings. The molecule has 1 saturated heterocycles. The van der Waals surface area contributed by atoms with Gasteiger partial charge >= 0.3 is 0 Å². The molecule has 0 N–H and O–H groups in total. The Balaban J connectivity index is 2.06. The highest BCUT2D eigenvalue weighted by Gasteiger charge is 2.29. The topological polar surface area (TPSA) is 26.3 Å². The summed E-state index contributed by atoms with van der Waals surface area (Å²) in [5, 5.41) is 0.555. The van der Waals surface area contributed by atoms with E-state index in [0.717, 1.165) is 22.8 Å². The molecule has 0 saturated carbocycles. The standard InChI is InChI=1S/C14H18O2S2/c1-10-14(18-8-7-17-10)12(15)9-11-5-3-4-6-13(11)16-2/h3-6,10,14H,7-9H2,1-2H3.